The molecule has 3 heterocycles. The molecule has 0 aliphatic heterocycles. The van der Waals surface area contributed by atoms with Gasteiger partial charge in [-0.2, -0.15) is 0 Å². The Morgan fingerprint density at radius 2 is 1.83 bits per heavy atom. The lowest BCUT2D eigenvalue weighted by molar-refractivity contribution is -0.108. The van der Waals surface area contributed by atoms with Crippen molar-refractivity contribution in [1.29, 1.82) is 0 Å². The zero-order valence-corrected chi connectivity index (χ0v) is 18.0. The van der Waals surface area contributed by atoms with Gasteiger partial charge in [-0.05, 0) is 44.7 Å². The Kier molecular flexibility index (Phi) is 6.62. The number of fused-ring (bicyclic) bond motifs is 1. The molecule has 29 heavy (non-hydrogen) atoms. The lowest BCUT2D eigenvalue weighted by atomic mass is 10.0. The molecule has 0 spiro atoms. The van der Waals surface area contributed by atoms with Gasteiger partial charge in [0, 0.05) is 30.3 Å². The average Bonchev–Trinajstić information content (AvgIpc) is 3.06. The molecule has 0 radical (unpaired) electrons. The van der Waals surface area contributed by atoms with E-state index in [0.29, 0.717) is 18.9 Å². The van der Waals surface area contributed by atoms with Crippen molar-refractivity contribution >= 4 is 17.5 Å². The van der Waals surface area contributed by atoms with Crippen LogP contribution in [0.5, 0.6) is 5.88 Å². The standard InChI is InChI=1S/C23H30N4O2/c1-6-16(12-13-28)27-14-15(5)21-23(27)25-19(8-3)22(26-21)17-10-11-20(29-9-4)24-18(17)7-2/h10-11,13-14,16H,6-9,12H2,1-5H3/t16-/m1/s1. The Hall–Kier alpha value is -2.76. The van der Waals surface area contributed by atoms with E-state index in [1.54, 1.807) is 0 Å². The van der Waals surface area contributed by atoms with E-state index >= 15 is 0 Å². The third-order valence-electron chi connectivity index (χ3n) is 5.30. The van der Waals surface area contributed by atoms with Gasteiger partial charge in [-0.1, -0.05) is 20.8 Å². The zero-order chi connectivity index (χ0) is 21.0. The highest BCUT2D eigenvalue weighted by Gasteiger charge is 2.20. The summed E-state index contributed by atoms with van der Waals surface area (Å²) >= 11 is 0. The van der Waals surface area contributed by atoms with Crippen LogP contribution in [0.25, 0.3) is 22.4 Å². The first-order valence-corrected chi connectivity index (χ1v) is 10.5. The van der Waals surface area contributed by atoms with Gasteiger partial charge in [0.25, 0.3) is 0 Å². The number of rotatable bonds is 9. The Labute approximate surface area is 172 Å². The van der Waals surface area contributed by atoms with Gasteiger partial charge >= 0.3 is 0 Å². The molecule has 0 amide bonds. The van der Waals surface area contributed by atoms with Gasteiger partial charge in [0.15, 0.2) is 5.65 Å². The molecule has 3 rings (SSSR count). The second-order valence-electron chi connectivity index (χ2n) is 7.16. The normalized spacial score (nSPS) is 12.3. The van der Waals surface area contributed by atoms with Crippen LogP contribution < -0.4 is 4.74 Å². The van der Waals surface area contributed by atoms with Gasteiger partial charge in [-0.15, -0.1) is 0 Å². The van der Waals surface area contributed by atoms with Crippen LogP contribution >= 0.6 is 0 Å². The molecule has 0 saturated carbocycles. The number of carbonyl (C=O) groups excluding carboxylic acids is 1. The maximum atomic E-state index is 11.1. The van der Waals surface area contributed by atoms with Gasteiger partial charge in [-0.25, -0.2) is 15.0 Å². The molecule has 0 bridgehead atoms. The van der Waals surface area contributed by atoms with E-state index in [9.17, 15) is 4.79 Å². The predicted molar refractivity (Wildman–Crippen MR) is 115 cm³/mol. The number of ether oxygens (including phenoxy) is 1. The van der Waals surface area contributed by atoms with Gasteiger partial charge in [0.1, 0.15) is 11.8 Å². The Morgan fingerprint density at radius 1 is 1.07 bits per heavy atom. The summed E-state index contributed by atoms with van der Waals surface area (Å²) in [7, 11) is 0. The summed E-state index contributed by atoms with van der Waals surface area (Å²) < 4.78 is 7.69. The van der Waals surface area contributed by atoms with Crippen LogP contribution in [-0.2, 0) is 17.6 Å². The smallest absolute Gasteiger partial charge is 0.213 e. The average molecular weight is 395 g/mol. The first-order chi connectivity index (χ1) is 14.1. The van der Waals surface area contributed by atoms with Crippen LogP contribution in [0.1, 0.15) is 63.5 Å². The van der Waals surface area contributed by atoms with Gasteiger partial charge in [0.05, 0.1) is 23.7 Å². The summed E-state index contributed by atoms with van der Waals surface area (Å²) in [6.45, 7) is 10.9. The number of pyridine rings is 1. The van der Waals surface area contributed by atoms with Crippen LogP contribution in [0.15, 0.2) is 18.3 Å². The second-order valence-corrected chi connectivity index (χ2v) is 7.16. The quantitative estimate of drug-likeness (QED) is 0.485. The summed E-state index contributed by atoms with van der Waals surface area (Å²) in [5.41, 5.74) is 6.61. The molecule has 6 nitrogen and oxygen atoms in total. The van der Waals surface area contributed by atoms with Crippen molar-refractivity contribution in [3.05, 3.63) is 35.3 Å². The van der Waals surface area contributed by atoms with Gasteiger partial charge in [0.2, 0.25) is 5.88 Å². The molecule has 3 aromatic heterocycles. The van der Waals surface area contributed by atoms with E-state index in [2.05, 4.69) is 36.5 Å². The fraction of sp³-hybridized carbons (Fsp3) is 0.478. The predicted octanol–water partition coefficient (Wildman–Crippen LogP) is 4.87. The van der Waals surface area contributed by atoms with E-state index in [1.807, 2.05) is 26.0 Å². The fourth-order valence-corrected chi connectivity index (χ4v) is 3.76. The van der Waals surface area contributed by atoms with Crippen LogP contribution in [0.2, 0.25) is 0 Å². The van der Waals surface area contributed by atoms with Gasteiger partial charge in [-0.3, -0.25) is 0 Å². The highest BCUT2D eigenvalue weighted by atomic mass is 16.5. The minimum atomic E-state index is 0.104. The van der Waals surface area contributed by atoms with Crippen molar-refractivity contribution in [2.45, 2.75) is 66.3 Å². The summed E-state index contributed by atoms with van der Waals surface area (Å²) in [6.07, 6.45) is 5.96. The minimum absolute atomic E-state index is 0.104. The van der Waals surface area contributed by atoms with Crippen molar-refractivity contribution in [3.8, 4) is 17.1 Å². The Morgan fingerprint density at radius 3 is 2.45 bits per heavy atom. The maximum Gasteiger partial charge on any atom is 0.213 e. The summed E-state index contributed by atoms with van der Waals surface area (Å²) in [4.78, 5) is 25.8. The highest BCUT2D eigenvalue weighted by molar-refractivity contribution is 5.80. The number of hydrogen-bond donors (Lipinski definition) is 0. The highest BCUT2D eigenvalue weighted by Crippen LogP contribution is 2.31. The molecule has 0 unspecified atom stereocenters. The number of carbonyl (C=O) groups is 1. The Balaban J connectivity index is 2.20. The fourth-order valence-electron chi connectivity index (χ4n) is 3.76. The summed E-state index contributed by atoms with van der Waals surface area (Å²) in [6, 6.07) is 4.05. The molecule has 0 saturated heterocycles. The first kappa shape index (κ1) is 21.0. The van der Waals surface area contributed by atoms with Crippen molar-refractivity contribution in [3.63, 3.8) is 0 Å². The Bertz CT molecular complexity index is 1010. The van der Waals surface area contributed by atoms with Crippen LogP contribution in [0.4, 0.5) is 0 Å². The minimum Gasteiger partial charge on any atom is -0.478 e. The van der Waals surface area contributed by atoms with Crippen LogP contribution in [0.3, 0.4) is 0 Å². The van der Waals surface area contributed by atoms with E-state index in [-0.39, 0.29) is 6.04 Å². The molecule has 0 aliphatic carbocycles. The molecule has 1 atom stereocenters. The van der Waals surface area contributed by atoms with E-state index in [0.717, 1.165) is 64.9 Å². The van der Waals surface area contributed by atoms with Crippen molar-refractivity contribution < 1.29 is 9.53 Å². The monoisotopic (exact) mass is 394 g/mol. The number of aromatic nitrogens is 4. The van der Waals surface area contributed by atoms with Gasteiger partial charge < -0.3 is 14.1 Å². The van der Waals surface area contributed by atoms with Crippen LogP contribution in [0, 0.1) is 6.92 Å². The molecule has 3 aromatic rings. The molecule has 0 fully saturated rings. The largest absolute Gasteiger partial charge is 0.478 e. The van der Waals surface area contributed by atoms with Crippen molar-refractivity contribution in [2.75, 3.05) is 6.61 Å². The molecule has 0 N–H and O–H groups in total. The second kappa shape index (κ2) is 9.16. The maximum absolute atomic E-state index is 11.1. The molecule has 0 aliphatic rings. The molecule has 154 valence electrons. The first-order valence-electron chi connectivity index (χ1n) is 10.5. The summed E-state index contributed by atoms with van der Waals surface area (Å²) in [5.74, 6) is 0.641. The van der Waals surface area contributed by atoms with E-state index < -0.39 is 0 Å². The molecular weight excluding hydrogens is 364 g/mol. The van der Waals surface area contributed by atoms with Crippen LogP contribution in [-0.4, -0.2) is 32.4 Å². The topological polar surface area (TPSA) is 69.9 Å². The SMILES string of the molecule is CCOc1ccc(-c2nc3c(C)cn([C@H](CC)CC=O)c3nc2CC)c(CC)n1. The van der Waals surface area contributed by atoms with E-state index in [4.69, 9.17) is 14.7 Å². The molecule has 0 aromatic carbocycles. The number of aldehydes is 1. The van der Waals surface area contributed by atoms with Crippen molar-refractivity contribution in [2.24, 2.45) is 0 Å². The molecule has 6 heteroatoms. The number of nitrogens with zero attached hydrogens (tertiary/aromatic N) is 4. The zero-order valence-electron chi connectivity index (χ0n) is 18.0. The van der Waals surface area contributed by atoms with Crippen molar-refractivity contribution in [1.82, 2.24) is 19.5 Å². The lowest BCUT2D eigenvalue weighted by Gasteiger charge is -2.16. The third kappa shape index (κ3) is 4.02. The van der Waals surface area contributed by atoms with E-state index in [1.165, 1.54) is 0 Å². The number of hydrogen-bond acceptors (Lipinski definition) is 5. The lowest BCUT2D eigenvalue weighted by Crippen LogP contribution is -2.10. The summed E-state index contributed by atoms with van der Waals surface area (Å²) in [5, 5.41) is 0. The number of aryl methyl sites for hydroxylation is 3. The molecular formula is C23H30N4O2. The third-order valence-corrected chi connectivity index (χ3v) is 5.30.